The lowest BCUT2D eigenvalue weighted by atomic mass is 9.86. The maximum Gasteiger partial charge on any atom is 0.323 e. The van der Waals surface area contributed by atoms with E-state index >= 15 is 0 Å². The number of hydrogen-bond donors (Lipinski definition) is 4. The highest BCUT2D eigenvalue weighted by molar-refractivity contribution is 5.73. The monoisotopic (exact) mass is 216 g/mol. The van der Waals surface area contributed by atoms with Crippen molar-refractivity contribution in [1.29, 1.82) is 0 Å². The van der Waals surface area contributed by atoms with Gasteiger partial charge in [-0.2, -0.15) is 0 Å². The second-order valence-corrected chi connectivity index (χ2v) is 3.38. The number of carboxylic acid groups (broad SMARTS) is 1. The lowest BCUT2D eigenvalue weighted by Crippen LogP contribution is -2.47. The number of aliphatic carboxylic acids is 1. The zero-order valence-electron chi connectivity index (χ0n) is 7.80. The Bertz CT molecular complexity index is 304. The molecular weight excluding hydrogens is 204 g/mol. The minimum absolute atomic E-state index is 0.458. The van der Waals surface area contributed by atoms with E-state index < -0.39 is 30.1 Å². The normalized spacial score (nSPS) is 31.5. The van der Waals surface area contributed by atoms with Crippen LogP contribution in [0.5, 0.6) is 0 Å². The van der Waals surface area contributed by atoms with E-state index in [2.05, 4.69) is 0 Å². The van der Waals surface area contributed by atoms with Crippen molar-refractivity contribution in [2.24, 2.45) is 0 Å². The topological polar surface area (TPSA) is 89.8 Å². The largest absolute Gasteiger partial charge is 0.480 e. The van der Waals surface area contributed by atoms with Gasteiger partial charge >= 0.3 is 5.97 Å². The first kappa shape index (κ1) is 11.8. The van der Waals surface area contributed by atoms with Gasteiger partial charge in [0.05, 0.1) is 0 Å². The molecule has 5 nitrogen and oxygen atoms in total. The Morgan fingerprint density at radius 2 is 2.27 bits per heavy atom. The number of aliphatic hydroxyl groups excluding tert-OH is 1. The molecule has 2 unspecified atom stereocenters. The SMILES string of the molecule is O=C(O)[C@H](CC1(O)C=CC=CC1O)N[18F]. The Morgan fingerprint density at radius 3 is 2.73 bits per heavy atom. The van der Waals surface area contributed by atoms with Crippen LogP contribution in [0.4, 0.5) is 4.48 Å². The van der Waals surface area contributed by atoms with E-state index in [1.807, 2.05) is 0 Å². The lowest BCUT2D eigenvalue weighted by Gasteiger charge is -2.31. The summed E-state index contributed by atoms with van der Waals surface area (Å²) in [5, 5.41) is 27.8. The van der Waals surface area contributed by atoms with Gasteiger partial charge in [0, 0.05) is 6.42 Å². The van der Waals surface area contributed by atoms with Gasteiger partial charge in [0.25, 0.3) is 0 Å². The molecule has 1 aliphatic rings. The van der Waals surface area contributed by atoms with E-state index in [-0.39, 0.29) is 0 Å². The molecule has 0 radical (unpaired) electrons. The van der Waals surface area contributed by atoms with Gasteiger partial charge in [0.1, 0.15) is 17.7 Å². The predicted octanol–water partition coefficient (Wildman–Crippen LogP) is -0.478. The maximum atomic E-state index is 12.1. The van der Waals surface area contributed by atoms with E-state index in [0.29, 0.717) is 0 Å². The quantitative estimate of drug-likeness (QED) is 0.477. The summed E-state index contributed by atoms with van der Waals surface area (Å²) in [5.41, 5.74) is -0.687. The van der Waals surface area contributed by atoms with Gasteiger partial charge in [-0.25, -0.2) is 0 Å². The molecule has 0 aromatic carbocycles. The number of carbonyl (C=O) groups is 1. The first-order chi connectivity index (χ1) is 6.99. The van der Waals surface area contributed by atoms with Crippen LogP contribution in [0.1, 0.15) is 6.42 Å². The van der Waals surface area contributed by atoms with Crippen molar-refractivity contribution in [2.45, 2.75) is 24.2 Å². The Balaban J connectivity index is 2.74. The van der Waals surface area contributed by atoms with Crippen LogP contribution >= 0.6 is 0 Å². The first-order valence-electron chi connectivity index (χ1n) is 4.35. The molecule has 6 heteroatoms. The van der Waals surface area contributed by atoms with Gasteiger partial charge in [-0.3, -0.25) is 4.79 Å². The standard InChI is InChI=1S/C9H12FNO4/c10-11-6(8(13)14)5-9(15)4-2-1-3-7(9)12/h1-4,6-7,11-12,15H,5H2,(H,13,14)/t6-,7?,9?/m0/s1/i10-1. The third kappa shape index (κ3) is 2.62. The summed E-state index contributed by atoms with van der Waals surface area (Å²) >= 11 is 0. The van der Waals surface area contributed by atoms with Crippen LogP contribution in [-0.2, 0) is 4.79 Å². The molecule has 1 aliphatic carbocycles. The van der Waals surface area contributed by atoms with E-state index in [4.69, 9.17) is 5.11 Å². The Kier molecular flexibility index (Phi) is 3.57. The fourth-order valence-electron chi connectivity index (χ4n) is 1.35. The highest BCUT2D eigenvalue weighted by Crippen LogP contribution is 2.23. The van der Waals surface area contributed by atoms with E-state index in [9.17, 15) is 19.5 Å². The van der Waals surface area contributed by atoms with Gasteiger partial charge in [-0.05, 0) is 0 Å². The molecular formula is C9H12FNO4. The van der Waals surface area contributed by atoms with Gasteiger partial charge in [0.15, 0.2) is 0 Å². The van der Waals surface area contributed by atoms with Crippen molar-refractivity contribution >= 4 is 5.97 Å². The van der Waals surface area contributed by atoms with Crippen molar-refractivity contribution in [1.82, 2.24) is 5.54 Å². The molecule has 0 saturated heterocycles. The summed E-state index contributed by atoms with van der Waals surface area (Å²) < 4.78 is 12.1. The van der Waals surface area contributed by atoms with Gasteiger partial charge in [0.2, 0.25) is 0 Å². The van der Waals surface area contributed by atoms with Crippen molar-refractivity contribution < 1.29 is 24.6 Å². The molecule has 0 spiro atoms. The highest BCUT2D eigenvalue weighted by Gasteiger charge is 2.37. The zero-order chi connectivity index (χ0) is 11.5. The molecule has 0 bridgehead atoms. The summed E-state index contributed by atoms with van der Waals surface area (Å²) in [4.78, 5) is 10.5. The van der Waals surface area contributed by atoms with Crippen LogP contribution in [0.25, 0.3) is 0 Å². The Hall–Kier alpha value is -1.24. The second-order valence-electron chi connectivity index (χ2n) is 3.38. The van der Waals surface area contributed by atoms with Gasteiger partial charge < -0.3 is 15.3 Å². The average Bonchev–Trinajstić information content (AvgIpc) is 2.19. The van der Waals surface area contributed by atoms with Crippen LogP contribution < -0.4 is 5.54 Å². The molecule has 3 atom stereocenters. The smallest absolute Gasteiger partial charge is 0.323 e. The van der Waals surface area contributed by atoms with E-state index in [1.54, 1.807) is 0 Å². The van der Waals surface area contributed by atoms with Crippen molar-refractivity contribution in [3.63, 3.8) is 0 Å². The lowest BCUT2D eigenvalue weighted by molar-refractivity contribution is -0.143. The van der Waals surface area contributed by atoms with Crippen molar-refractivity contribution in [3.8, 4) is 0 Å². The van der Waals surface area contributed by atoms with Crippen LogP contribution in [0.2, 0.25) is 0 Å². The third-order valence-electron chi connectivity index (χ3n) is 2.26. The van der Waals surface area contributed by atoms with E-state index in [1.165, 1.54) is 24.3 Å². The Labute approximate surface area is 85.5 Å². The molecule has 0 heterocycles. The number of nitrogens with one attached hydrogen (secondary N) is 1. The zero-order valence-corrected chi connectivity index (χ0v) is 7.80. The molecule has 84 valence electrons. The summed E-state index contributed by atoms with van der Waals surface area (Å²) in [6.45, 7) is 0. The van der Waals surface area contributed by atoms with Gasteiger partial charge in [-0.1, -0.05) is 24.3 Å². The van der Waals surface area contributed by atoms with Gasteiger partial charge in [-0.15, -0.1) is 10.0 Å². The Morgan fingerprint density at radius 1 is 1.60 bits per heavy atom. The highest BCUT2D eigenvalue weighted by atomic mass is 18.2. The molecule has 15 heavy (non-hydrogen) atoms. The minimum atomic E-state index is -1.75. The van der Waals surface area contributed by atoms with Crippen molar-refractivity contribution in [2.75, 3.05) is 0 Å². The number of hydrogen-bond acceptors (Lipinski definition) is 4. The molecule has 0 saturated carbocycles. The predicted molar refractivity (Wildman–Crippen MR) is 49.5 cm³/mol. The summed E-state index contributed by atoms with van der Waals surface area (Å²) in [6.07, 6.45) is 3.82. The molecule has 0 aliphatic heterocycles. The minimum Gasteiger partial charge on any atom is -0.480 e. The molecule has 4 N–H and O–H groups in total. The average molecular weight is 216 g/mol. The third-order valence-corrected chi connectivity index (χ3v) is 2.26. The van der Waals surface area contributed by atoms with Crippen LogP contribution in [0.15, 0.2) is 24.3 Å². The number of halogens is 1. The fourth-order valence-corrected chi connectivity index (χ4v) is 1.35. The summed E-state index contributed by atoms with van der Waals surface area (Å²) in [6, 6.07) is -1.55. The van der Waals surface area contributed by atoms with Crippen LogP contribution in [0.3, 0.4) is 0 Å². The molecule has 1 rings (SSSR count). The number of allylic oxidation sites excluding steroid dienone is 2. The van der Waals surface area contributed by atoms with Crippen molar-refractivity contribution in [3.05, 3.63) is 24.3 Å². The number of rotatable bonds is 4. The second kappa shape index (κ2) is 4.52. The molecule has 0 amide bonds. The van der Waals surface area contributed by atoms with Crippen LogP contribution in [0, 0.1) is 0 Å². The van der Waals surface area contributed by atoms with Crippen LogP contribution in [-0.4, -0.2) is 39.0 Å². The first-order valence-corrected chi connectivity index (χ1v) is 4.35. The molecule has 0 aromatic rings. The maximum absolute atomic E-state index is 12.1. The van der Waals surface area contributed by atoms with E-state index in [0.717, 1.165) is 5.54 Å². The molecule has 0 fully saturated rings. The number of carboxylic acids is 1. The number of aliphatic hydroxyl groups is 2. The molecule has 0 aromatic heterocycles. The summed E-state index contributed by atoms with van der Waals surface area (Å²) in [7, 11) is 0. The fraction of sp³-hybridized carbons (Fsp3) is 0.444. The summed E-state index contributed by atoms with van der Waals surface area (Å²) in [5.74, 6) is -1.43.